The Hall–Kier alpha value is -1.10. The quantitative estimate of drug-likeness (QED) is 0.730. The van der Waals surface area contributed by atoms with Crippen LogP contribution in [0.2, 0.25) is 0 Å². The second kappa shape index (κ2) is 6.00. The molecule has 1 heterocycles. The highest BCUT2D eigenvalue weighted by Gasteiger charge is 2.36. The molecule has 98 valence electrons. The molecule has 1 amide bonds. The van der Waals surface area contributed by atoms with Gasteiger partial charge in [-0.15, -0.1) is 0 Å². The summed E-state index contributed by atoms with van der Waals surface area (Å²) in [4.78, 5) is 25.2. The molecule has 0 saturated carbocycles. The van der Waals surface area contributed by atoms with Gasteiger partial charge < -0.3 is 15.4 Å². The first-order valence-electron chi connectivity index (χ1n) is 6.11. The molecule has 0 aromatic heterocycles. The number of nitrogens with zero attached hydrogens (tertiary/aromatic N) is 1. The van der Waals surface area contributed by atoms with Crippen molar-refractivity contribution in [3.05, 3.63) is 0 Å². The van der Waals surface area contributed by atoms with Crippen LogP contribution in [0, 0.1) is 5.92 Å². The number of rotatable bonds is 4. The number of hydrogen-bond acceptors (Lipinski definition) is 4. The molecule has 2 N–H and O–H groups in total. The van der Waals surface area contributed by atoms with Crippen molar-refractivity contribution in [3.63, 3.8) is 0 Å². The molecule has 1 unspecified atom stereocenters. The smallest absolute Gasteiger partial charge is 0.328 e. The summed E-state index contributed by atoms with van der Waals surface area (Å²) < 4.78 is 4.70. The lowest BCUT2D eigenvalue weighted by atomic mass is 10.0. The van der Waals surface area contributed by atoms with Crippen LogP contribution < -0.4 is 5.73 Å². The third-order valence-electron chi connectivity index (χ3n) is 3.05. The second-order valence-corrected chi connectivity index (χ2v) is 4.95. The van der Waals surface area contributed by atoms with E-state index in [0.717, 1.165) is 6.42 Å². The highest BCUT2D eigenvalue weighted by atomic mass is 16.5. The van der Waals surface area contributed by atoms with Gasteiger partial charge in [-0.25, -0.2) is 4.79 Å². The van der Waals surface area contributed by atoms with Crippen LogP contribution in [0.4, 0.5) is 0 Å². The molecule has 0 spiro atoms. The van der Waals surface area contributed by atoms with Crippen molar-refractivity contribution in [2.75, 3.05) is 13.7 Å². The average Bonchev–Trinajstić information content (AvgIpc) is 2.74. The van der Waals surface area contributed by atoms with Crippen LogP contribution in [0.15, 0.2) is 0 Å². The Morgan fingerprint density at radius 1 is 1.47 bits per heavy atom. The number of esters is 1. The molecule has 5 nitrogen and oxygen atoms in total. The van der Waals surface area contributed by atoms with Gasteiger partial charge in [-0.3, -0.25) is 4.79 Å². The molecule has 2 atom stereocenters. The lowest BCUT2D eigenvalue weighted by Crippen LogP contribution is -2.49. The molecule has 1 rings (SSSR count). The maximum Gasteiger partial charge on any atom is 0.328 e. The van der Waals surface area contributed by atoms with E-state index in [0.29, 0.717) is 25.3 Å². The number of likely N-dealkylation sites (tertiary alicyclic amines) is 1. The van der Waals surface area contributed by atoms with E-state index in [9.17, 15) is 9.59 Å². The molecule has 1 aliphatic heterocycles. The first kappa shape index (κ1) is 14.0. The van der Waals surface area contributed by atoms with Crippen LogP contribution in [0.1, 0.15) is 33.1 Å². The molecule has 1 fully saturated rings. The van der Waals surface area contributed by atoms with Gasteiger partial charge in [0.15, 0.2) is 0 Å². The van der Waals surface area contributed by atoms with Crippen LogP contribution >= 0.6 is 0 Å². The third kappa shape index (κ3) is 3.43. The maximum absolute atomic E-state index is 12.1. The van der Waals surface area contributed by atoms with E-state index in [4.69, 9.17) is 10.5 Å². The monoisotopic (exact) mass is 242 g/mol. The summed E-state index contributed by atoms with van der Waals surface area (Å²) in [7, 11) is 1.34. The van der Waals surface area contributed by atoms with E-state index >= 15 is 0 Å². The van der Waals surface area contributed by atoms with Crippen molar-refractivity contribution < 1.29 is 14.3 Å². The van der Waals surface area contributed by atoms with E-state index in [2.05, 4.69) is 0 Å². The standard InChI is InChI=1S/C12H22N2O3/c1-8(2)7-9(13)11(15)14-6-4-5-10(14)12(16)17-3/h8-10H,4-7,13H2,1-3H3/t9?,10-/m0/s1. The van der Waals surface area contributed by atoms with Gasteiger partial charge in [0.05, 0.1) is 13.2 Å². The Kier molecular flexibility index (Phi) is 4.93. The number of carbonyl (C=O) groups is 2. The minimum absolute atomic E-state index is 0.133. The molecular weight excluding hydrogens is 220 g/mol. The van der Waals surface area contributed by atoms with E-state index in [1.54, 1.807) is 4.90 Å². The summed E-state index contributed by atoms with van der Waals surface area (Å²) in [6, 6.07) is -0.953. The van der Waals surface area contributed by atoms with Crippen molar-refractivity contribution in [1.82, 2.24) is 4.90 Å². The van der Waals surface area contributed by atoms with Gasteiger partial charge >= 0.3 is 5.97 Å². The van der Waals surface area contributed by atoms with Crippen molar-refractivity contribution in [2.24, 2.45) is 11.7 Å². The first-order valence-corrected chi connectivity index (χ1v) is 6.11. The van der Waals surface area contributed by atoms with E-state index in [-0.39, 0.29) is 11.9 Å². The minimum atomic E-state index is -0.514. The lowest BCUT2D eigenvalue weighted by Gasteiger charge is -2.26. The predicted molar refractivity (Wildman–Crippen MR) is 64.2 cm³/mol. The fraction of sp³-hybridized carbons (Fsp3) is 0.833. The summed E-state index contributed by atoms with van der Waals surface area (Å²) in [5, 5.41) is 0. The summed E-state index contributed by atoms with van der Waals surface area (Å²) in [5.41, 5.74) is 5.86. The van der Waals surface area contributed by atoms with E-state index in [1.165, 1.54) is 7.11 Å². The van der Waals surface area contributed by atoms with E-state index < -0.39 is 12.1 Å². The van der Waals surface area contributed by atoms with Crippen LogP contribution in [-0.4, -0.2) is 42.5 Å². The topological polar surface area (TPSA) is 72.6 Å². The molecule has 0 aromatic rings. The molecule has 5 heteroatoms. The number of ether oxygens (including phenoxy) is 1. The SMILES string of the molecule is COC(=O)[C@@H]1CCCN1C(=O)C(N)CC(C)C. The zero-order valence-electron chi connectivity index (χ0n) is 10.8. The Balaban J connectivity index is 2.64. The van der Waals surface area contributed by atoms with Crippen LogP contribution in [0.25, 0.3) is 0 Å². The molecule has 0 bridgehead atoms. The molecule has 0 aliphatic carbocycles. The van der Waals surface area contributed by atoms with Gasteiger partial charge in [-0.05, 0) is 25.2 Å². The normalized spacial score (nSPS) is 21.7. The fourth-order valence-corrected chi connectivity index (χ4v) is 2.23. The molecule has 17 heavy (non-hydrogen) atoms. The van der Waals surface area contributed by atoms with Gasteiger partial charge in [0.2, 0.25) is 5.91 Å². The molecule has 1 aliphatic rings. The fourth-order valence-electron chi connectivity index (χ4n) is 2.23. The lowest BCUT2D eigenvalue weighted by molar-refractivity contribution is -0.151. The highest BCUT2D eigenvalue weighted by Crippen LogP contribution is 2.20. The highest BCUT2D eigenvalue weighted by molar-refractivity contribution is 5.88. The van der Waals surface area contributed by atoms with Gasteiger partial charge in [0.25, 0.3) is 0 Å². The van der Waals surface area contributed by atoms with Crippen LogP contribution in [-0.2, 0) is 14.3 Å². The van der Waals surface area contributed by atoms with Crippen LogP contribution in [0.5, 0.6) is 0 Å². The summed E-state index contributed by atoms with van der Waals surface area (Å²) >= 11 is 0. The molecule has 1 saturated heterocycles. The van der Waals surface area contributed by atoms with Crippen LogP contribution in [0.3, 0.4) is 0 Å². The van der Waals surface area contributed by atoms with Gasteiger partial charge in [0.1, 0.15) is 6.04 Å². The Morgan fingerprint density at radius 3 is 2.65 bits per heavy atom. The molecule has 0 radical (unpaired) electrons. The molecule has 0 aromatic carbocycles. The summed E-state index contributed by atoms with van der Waals surface area (Å²) in [5.74, 6) is -0.104. The number of nitrogens with two attached hydrogens (primary N) is 1. The summed E-state index contributed by atoms with van der Waals surface area (Å²) in [6.07, 6.45) is 2.15. The minimum Gasteiger partial charge on any atom is -0.467 e. The molecular formula is C12H22N2O3. The zero-order valence-corrected chi connectivity index (χ0v) is 10.8. The van der Waals surface area contributed by atoms with E-state index in [1.807, 2.05) is 13.8 Å². The second-order valence-electron chi connectivity index (χ2n) is 4.95. The number of carbonyl (C=O) groups excluding carboxylic acids is 2. The number of hydrogen-bond donors (Lipinski definition) is 1. The van der Waals surface area contributed by atoms with Crippen molar-refractivity contribution in [1.29, 1.82) is 0 Å². The number of methoxy groups -OCH3 is 1. The Labute approximate surface area is 102 Å². The van der Waals surface area contributed by atoms with Gasteiger partial charge in [0, 0.05) is 6.54 Å². The number of amides is 1. The van der Waals surface area contributed by atoms with Gasteiger partial charge in [-0.1, -0.05) is 13.8 Å². The maximum atomic E-state index is 12.1. The third-order valence-corrected chi connectivity index (χ3v) is 3.05. The largest absolute Gasteiger partial charge is 0.467 e. The van der Waals surface area contributed by atoms with Crippen molar-refractivity contribution >= 4 is 11.9 Å². The Morgan fingerprint density at radius 2 is 2.12 bits per heavy atom. The van der Waals surface area contributed by atoms with Crippen molar-refractivity contribution in [2.45, 2.75) is 45.2 Å². The Bertz CT molecular complexity index is 291. The first-order chi connectivity index (χ1) is 7.97. The van der Waals surface area contributed by atoms with Gasteiger partial charge in [-0.2, -0.15) is 0 Å². The predicted octanol–water partition coefficient (Wildman–Crippen LogP) is 0.524. The average molecular weight is 242 g/mol. The van der Waals surface area contributed by atoms with Crippen molar-refractivity contribution in [3.8, 4) is 0 Å². The zero-order chi connectivity index (χ0) is 13.0. The summed E-state index contributed by atoms with van der Waals surface area (Å²) in [6.45, 7) is 4.65.